The summed E-state index contributed by atoms with van der Waals surface area (Å²) in [6.07, 6.45) is 0. The highest BCUT2D eigenvalue weighted by Gasteiger charge is 1.93. The second-order valence-electron chi connectivity index (χ2n) is 1.98. The van der Waals surface area contributed by atoms with Gasteiger partial charge in [-0.3, -0.25) is 0 Å². The van der Waals surface area contributed by atoms with E-state index in [1.54, 1.807) is 0 Å². The lowest BCUT2D eigenvalue weighted by atomic mass is 10.2. The van der Waals surface area contributed by atoms with Crippen LogP contribution in [0.25, 0.3) is 0 Å². The molecule has 0 saturated carbocycles. The average molecular weight is 301 g/mol. The fourth-order valence-electron chi connectivity index (χ4n) is 0.729. The normalized spacial score (nSPS) is 9.00. The molecule has 1 nitrogen and oxygen atoms in total. The number of hydrogen-bond donors (Lipinski definition) is 1. The van der Waals surface area contributed by atoms with Crippen molar-refractivity contribution in [3.63, 3.8) is 0 Å². The standard InChI is InChI=1S/C7H7Br2N.ClH/c8-6-1-5(4-10)2-7(9)3-6;/h1-3H,4,10H2;1H. The van der Waals surface area contributed by atoms with E-state index >= 15 is 0 Å². The van der Waals surface area contributed by atoms with Crippen molar-refractivity contribution >= 4 is 44.3 Å². The Morgan fingerprint density at radius 2 is 1.55 bits per heavy atom. The largest absolute Gasteiger partial charge is 0.326 e. The van der Waals surface area contributed by atoms with Crippen LogP contribution in [0.15, 0.2) is 27.1 Å². The zero-order chi connectivity index (χ0) is 7.56. The third kappa shape index (κ3) is 3.56. The van der Waals surface area contributed by atoms with E-state index in [9.17, 15) is 0 Å². The molecule has 2 N–H and O–H groups in total. The van der Waals surface area contributed by atoms with Gasteiger partial charge in [-0.15, -0.1) is 12.4 Å². The maximum atomic E-state index is 5.45. The molecule has 0 fully saturated rings. The quantitative estimate of drug-likeness (QED) is 0.847. The molecule has 0 radical (unpaired) electrons. The number of benzene rings is 1. The van der Waals surface area contributed by atoms with Crippen LogP contribution in [0.5, 0.6) is 0 Å². The summed E-state index contributed by atoms with van der Waals surface area (Å²) in [5.74, 6) is 0. The highest BCUT2D eigenvalue weighted by molar-refractivity contribution is 9.11. The average Bonchev–Trinajstić information content (AvgIpc) is 1.85. The Balaban J connectivity index is 0.000001000. The molecule has 0 spiro atoms. The monoisotopic (exact) mass is 299 g/mol. The molecule has 0 bridgehead atoms. The van der Waals surface area contributed by atoms with E-state index in [0.717, 1.165) is 14.5 Å². The van der Waals surface area contributed by atoms with Crippen LogP contribution in [0.3, 0.4) is 0 Å². The predicted molar refractivity (Wildman–Crippen MR) is 57.0 cm³/mol. The molecule has 1 aromatic rings. The first-order valence-corrected chi connectivity index (χ1v) is 4.46. The first kappa shape index (κ1) is 11.4. The Hall–Kier alpha value is 0.430. The molecule has 1 aromatic carbocycles. The van der Waals surface area contributed by atoms with Crippen LogP contribution >= 0.6 is 44.3 Å². The van der Waals surface area contributed by atoms with E-state index in [4.69, 9.17) is 5.73 Å². The lowest BCUT2D eigenvalue weighted by Crippen LogP contribution is -1.95. The van der Waals surface area contributed by atoms with Gasteiger partial charge in [0.2, 0.25) is 0 Å². The van der Waals surface area contributed by atoms with E-state index in [0.29, 0.717) is 6.54 Å². The zero-order valence-electron chi connectivity index (χ0n) is 5.68. The Kier molecular flexibility index (Phi) is 5.34. The SMILES string of the molecule is Cl.NCc1cc(Br)cc(Br)c1. The summed E-state index contributed by atoms with van der Waals surface area (Å²) < 4.78 is 2.12. The third-order valence-electron chi connectivity index (χ3n) is 1.16. The van der Waals surface area contributed by atoms with Crippen molar-refractivity contribution in [2.24, 2.45) is 5.73 Å². The predicted octanol–water partition coefficient (Wildman–Crippen LogP) is 3.09. The van der Waals surface area contributed by atoms with Gasteiger partial charge < -0.3 is 5.73 Å². The molecule has 0 aliphatic heterocycles. The maximum Gasteiger partial charge on any atom is 0.0189 e. The minimum absolute atomic E-state index is 0. The Labute approximate surface area is 89.0 Å². The molecule has 0 saturated heterocycles. The van der Waals surface area contributed by atoms with Gasteiger partial charge in [0.25, 0.3) is 0 Å². The first-order valence-electron chi connectivity index (χ1n) is 2.87. The Bertz CT molecular complexity index is 220. The van der Waals surface area contributed by atoms with Crippen molar-refractivity contribution in [3.8, 4) is 0 Å². The topological polar surface area (TPSA) is 26.0 Å². The molecule has 0 aliphatic rings. The molecule has 0 amide bonds. The van der Waals surface area contributed by atoms with Crippen LogP contribution < -0.4 is 5.73 Å². The van der Waals surface area contributed by atoms with E-state index in [1.807, 2.05) is 18.2 Å². The van der Waals surface area contributed by atoms with Crippen LogP contribution in [-0.4, -0.2) is 0 Å². The molecule has 0 unspecified atom stereocenters. The summed E-state index contributed by atoms with van der Waals surface area (Å²) in [6.45, 7) is 0.581. The molecule has 1 rings (SSSR count). The Morgan fingerprint density at radius 3 is 1.91 bits per heavy atom. The van der Waals surface area contributed by atoms with Gasteiger partial charge in [0, 0.05) is 15.5 Å². The van der Waals surface area contributed by atoms with Crippen molar-refractivity contribution in [1.29, 1.82) is 0 Å². The maximum absolute atomic E-state index is 5.45. The van der Waals surface area contributed by atoms with Gasteiger partial charge in [-0.1, -0.05) is 31.9 Å². The molecule has 0 aliphatic carbocycles. The first-order chi connectivity index (χ1) is 4.72. The molecule has 4 heteroatoms. The number of hydrogen-bond acceptors (Lipinski definition) is 1. The summed E-state index contributed by atoms with van der Waals surface area (Å²) in [5.41, 5.74) is 6.57. The lowest BCUT2D eigenvalue weighted by Gasteiger charge is -1.98. The molecule has 62 valence electrons. The van der Waals surface area contributed by atoms with Gasteiger partial charge >= 0.3 is 0 Å². The minimum Gasteiger partial charge on any atom is -0.326 e. The number of nitrogens with two attached hydrogens (primary N) is 1. The zero-order valence-corrected chi connectivity index (χ0v) is 9.67. The van der Waals surface area contributed by atoms with E-state index < -0.39 is 0 Å². The van der Waals surface area contributed by atoms with E-state index in [-0.39, 0.29) is 12.4 Å². The van der Waals surface area contributed by atoms with Crippen LogP contribution in [0.4, 0.5) is 0 Å². The van der Waals surface area contributed by atoms with Crippen LogP contribution in [0.2, 0.25) is 0 Å². The highest BCUT2D eigenvalue weighted by Crippen LogP contribution is 2.19. The van der Waals surface area contributed by atoms with Crippen LogP contribution in [0.1, 0.15) is 5.56 Å². The summed E-state index contributed by atoms with van der Waals surface area (Å²) in [7, 11) is 0. The molecule has 0 heterocycles. The van der Waals surface area contributed by atoms with Gasteiger partial charge in [-0.2, -0.15) is 0 Å². The van der Waals surface area contributed by atoms with Gasteiger partial charge in [0.15, 0.2) is 0 Å². The minimum atomic E-state index is 0. The molecular formula is C7H8Br2ClN. The second-order valence-corrected chi connectivity index (χ2v) is 3.81. The molecule has 11 heavy (non-hydrogen) atoms. The van der Waals surface area contributed by atoms with E-state index in [2.05, 4.69) is 31.9 Å². The summed E-state index contributed by atoms with van der Waals surface area (Å²) in [4.78, 5) is 0. The molecule has 0 aromatic heterocycles. The number of rotatable bonds is 1. The van der Waals surface area contributed by atoms with Gasteiger partial charge in [0.05, 0.1) is 0 Å². The van der Waals surface area contributed by atoms with Crippen molar-refractivity contribution < 1.29 is 0 Å². The summed E-state index contributed by atoms with van der Waals surface area (Å²) in [6, 6.07) is 5.99. The van der Waals surface area contributed by atoms with Gasteiger partial charge in [0.1, 0.15) is 0 Å². The Morgan fingerprint density at radius 1 is 1.09 bits per heavy atom. The molecule has 0 atom stereocenters. The van der Waals surface area contributed by atoms with Crippen LogP contribution in [-0.2, 0) is 6.54 Å². The highest BCUT2D eigenvalue weighted by atomic mass is 79.9. The fourth-order valence-corrected chi connectivity index (χ4v) is 2.12. The van der Waals surface area contributed by atoms with Gasteiger partial charge in [-0.25, -0.2) is 0 Å². The lowest BCUT2D eigenvalue weighted by molar-refractivity contribution is 1.07. The van der Waals surface area contributed by atoms with Crippen molar-refractivity contribution in [2.75, 3.05) is 0 Å². The molecular weight excluding hydrogens is 293 g/mol. The van der Waals surface area contributed by atoms with Crippen molar-refractivity contribution in [3.05, 3.63) is 32.7 Å². The van der Waals surface area contributed by atoms with Crippen LogP contribution in [0, 0.1) is 0 Å². The van der Waals surface area contributed by atoms with Crippen molar-refractivity contribution in [1.82, 2.24) is 0 Å². The third-order valence-corrected chi connectivity index (χ3v) is 2.07. The summed E-state index contributed by atoms with van der Waals surface area (Å²) in [5, 5.41) is 0. The number of halogens is 3. The van der Waals surface area contributed by atoms with Gasteiger partial charge in [-0.05, 0) is 23.8 Å². The second kappa shape index (κ2) is 5.14. The fraction of sp³-hybridized carbons (Fsp3) is 0.143. The summed E-state index contributed by atoms with van der Waals surface area (Å²) >= 11 is 6.74. The van der Waals surface area contributed by atoms with Crippen molar-refractivity contribution in [2.45, 2.75) is 6.54 Å². The smallest absolute Gasteiger partial charge is 0.0189 e. The van der Waals surface area contributed by atoms with E-state index in [1.165, 1.54) is 0 Å².